The third kappa shape index (κ3) is 3.19. The standard InChI is InChI=1S/C10H12NO/c1-9(12)11-8-7-10-5-3-2-4-6-10/h2-5H,7-8H2,1H3,(H,11,12). The van der Waals surface area contributed by atoms with Crippen molar-refractivity contribution in [3.8, 4) is 0 Å². The summed E-state index contributed by atoms with van der Waals surface area (Å²) in [5.41, 5.74) is 1.13. The average molecular weight is 162 g/mol. The summed E-state index contributed by atoms with van der Waals surface area (Å²) in [5.74, 6) is 0.0194. The van der Waals surface area contributed by atoms with Crippen molar-refractivity contribution < 1.29 is 4.79 Å². The van der Waals surface area contributed by atoms with Crippen molar-refractivity contribution >= 4 is 5.91 Å². The highest BCUT2D eigenvalue weighted by Crippen LogP contribution is 1.96. The molecule has 1 aromatic rings. The molecule has 0 aliphatic heterocycles. The highest BCUT2D eigenvalue weighted by Gasteiger charge is 1.92. The summed E-state index contributed by atoms with van der Waals surface area (Å²) in [7, 11) is 0. The van der Waals surface area contributed by atoms with Crippen molar-refractivity contribution in [2.24, 2.45) is 0 Å². The van der Waals surface area contributed by atoms with E-state index >= 15 is 0 Å². The van der Waals surface area contributed by atoms with Crippen molar-refractivity contribution in [2.45, 2.75) is 13.3 Å². The molecule has 12 heavy (non-hydrogen) atoms. The minimum absolute atomic E-state index is 0.0194. The summed E-state index contributed by atoms with van der Waals surface area (Å²) in [6, 6.07) is 10.9. The molecule has 1 N–H and O–H groups in total. The Balaban J connectivity index is 2.29. The second-order valence-electron chi connectivity index (χ2n) is 2.62. The monoisotopic (exact) mass is 162 g/mol. The largest absolute Gasteiger partial charge is 0.356 e. The van der Waals surface area contributed by atoms with E-state index in [1.807, 2.05) is 24.3 Å². The molecule has 0 fully saturated rings. The maximum Gasteiger partial charge on any atom is 0.216 e. The molecule has 0 aliphatic rings. The van der Waals surface area contributed by atoms with Crippen LogP contribution in [0.2, 0.25) is 0 Å². The van der Waals surface area contributed by atoms with Crippen LogP contribution in [-0.4, -0.2) is 12.5 Å². The zero-order valence-corrected chi connectivity index (χ0v) is 7.13. The molecule has 1 aromatic carbocycles. The van der Waals surface area contributed by atoms with Crippen LogP contribution < -0.4 is 5.32 Å². The number of hydrogen-bond donors (Lipinski definition) is 1. The Morgan fingerprint density at radius 1 is 1.58 bits per heavy atom. The average Bonchev–Trinajstić information content (AvgIpc) is 2.05. The minimum Gasteiger partial charge on any atom is -0.356 e. The molecule has 0 spiro atoms. The van der Waals surface area contributed by atoms with E-state index < -0.39 is 0 Å². The number of amides is 1. The van der Waals surface area contributed by atoms with Gasteiger partial charge in [0.1, 0.15) is 0 Å². The van der Waals surface area contributed by atoms with Gasteiger partial charge in [0.15, 0.2) is 0 Å². The predicted octanol–water partition coefficient (Wildman–Crippen LogP) is 1.17. The lowest BCUT2D eigenvalue weighted by atomic mass is 10.1. The Morgan fingerprint density at radius 3 is 3.00 bits per heavy atom. The second-order valence-corrected chi connectivity index (χ2v) is 2.62. The number of carbonyl (C=O) groups is 1. The van der Waals surface area contributed by atoms with Gasteiger partial charge in [-0.3, -0.25) is 4.79 Å². The molecule has 1 radical (unpaired) electrons. The fraction of sp³-hybridized carbons (Fsp3) is 0.300. The van der Waals surface area contributed by atoms with Crippen molar-refractivity contribution in [2.75, 3.05) is 6.54 Å². The molecule has 2 nitrogen and oxygen atoms in total. The summed E-state index contributed by atoms with van der Waals surface area (Å²) in [4.78, 5) is 10.5. The number of hydrogen-bond acceptors (Lipinski definition) is 1. The first kappa shape index (κ1) is 8.78. The van der Waals surface area contributed by atoms with Crippen LogP contribution in [0.1, 0.15) is 12.5 Å². The van der Waals surface area contributed by atoms with Gasteiger partial charge in [-0.1, -0.05) is 24.3 Å². The lowest BCUT2D eigenvalue weighted by molar-refractivity contribution is -0.118. The van der Waals surface area contributed by atoms with Gasteiger partial charge in [0.25, 0.3) is 0 Å². The number of carbonyl (C=O) groups excluding carboxylic acids is 1. The molecule has 1 rings (SSSR count). The Morgan fingerprint density at radius 2 is 2.42 bits per heavy atom. The summed E-state index contributed by atoms with van der Waals surface area (Å²) >= 11 is 0. The summed E-state index contributed by atoms with van der Waals surface area (Å²) in [5, 5.41) is 2.74. The predicted molar refractivity (Wildman–Crippen MR) is 47.7 cm³/mol. The molecule has 0 bridgehead atoms. The molecule has 0 saturated carbocycles. The minimum atomic E-state index is 0.0194. The van der Waals surface area contributed by atoms with Crippen LogP contribution in [0.3, 0.4) is 0 Å². The van der Waals surface area contributed by atoms with Gasteiger partial charge in [0.05, 0.1) is 0 Å². The first-order chi connectivity index (χ1) is 5.79. The second kappa shape index (κ2) is 4.54. The lowest BCUT2D eigenvalue weighted by Crippen LogP contribution is -2.22. The van der Waals surface area contributed by atoms with E-state index in [0.717, 1.165) is 12.0 Å². The quantitative estimate of drug-likeness (QED) is 0.710. The number of rotatable bonds is 3. The van der Waals surface area contributed by atoms with Crippen molar-refractivity contribution in [3.05, 3.63) is 35.9 Å². The van der Waals surface area contributed by atoms with E-state index in [-0.39, 0.29) is 5.91 Å². The smallest absolute Gasteiger partial charge is 0.216 e. The lowest BCUT2D eigenvalue weighted by Gasteiger charge is -2.00. The van der Waals surface area contributed by atoms with Gasteiger partial charge in [0, 0.05) is 13.5 Å². The van der Waals surface area contributed by atoms with Crippen LogP contribution >= 0.6 is 0 Å². The maximum absolute atomic E-state index is 10.5. The van der Waals surface area contributed by atoms with Crippen LogP contribution in [0.15, 0.2) is 24.3 Å². The Hall–Kier alpha value is -1.31. The third-order valence-electron chi connectivity index (χ3n) is 1.54. The van der Waals surface area contributed by atoms with Crippen LogP contribution in [-0.2, 0) is 11.2 Å². The third-order valence-corrected chi connectivity index (χ3v) is 1.54. The van der Waals surface area contributed by atoms with Gasteiger partial charge in [-0.15, -0.1) is 0 Å². The SMILES string of the molecule is CC(=O)NCCc1[c]cccc1. The first-order valence-electron chi connectivity index (χ1n) is 3.99. The zero-order chi connectivity index (χ0) is 8.81. The molecule has 0 unspecified atom stereocenters. The Bertz CT molecular complexity index is 243. The fourth-order valence-electron chi connectivity index (χ4n) is 0.959. The molecular formula is C10H12NO. The molecule has 0 heterocycles. The van der Waals surface area contributed by atoms with E-state index in [4.69, 9.17) is 0 Å². The molecular weight excluding hydrogens is 150 g/mol. The van der Waals surface area contributed by atoms with E-state index in [1.54, 1.807) is 0 Å². The molecule has 1 amide bonds. The van der Waals surface area contributed by atoms with Crippen molar-refractivity contribution in [1.82, 2.24) is 5.32 Å². The van der Waals surface area contributed by atoms with Gasteiger partial charge in [-0.25, -0.2) is 0 Å². The van der Waals surface area contributed by atoms with Gasteiger partial charge in [-0.2, -0.15) is 0 Å². The van der Waals surface area contributed by atoms with Gasteiger partial charge in [0.2, 0.25) is 5.91 Å². The highest BCUT2D eigenvalue weighted by molar-refractivity contribution is 5.72. The van der Waals surface area contributed by atoms with Gasteiger partial charge in [-0.05, 0) is 18.1 Å². The highest BCUT2D eigenvalue weighted by atomic mass is 16.1. The topological polar surface area (TPSA) is 29.1 Å². The van der Waals surface area contributed by atoms with Crippen LogP contribution in [0.5, 0.6) is 0 Å². The van der Waals surface area contributed by atoms with Crippen molar-refractivity contribution in [1.29, 1.82) is 0 Å². The molecule has 0 saturated heterocycles. The summed E-state index contributed by atoms with van der Waals surface area (Å²) in [6.07, 6.45) is 0.848. The normalized spacial score (nSPS) is 9.42. The summed E-state index contributed by atoms with van der Waals surface area (Å²) < 4.78 is 0. The van der Waals surface area contributed by atoms with Crippen LogP contribution in [0.4, 0.5) is 0 Å². The summed E-state index contributed by atoms with van der Waals surface area (Å²) in [6.45, 7) is 2.21. The van der Waals surface area contributed by atoms with Gasteiger partial charge < -0.3 is 5.32 Å². The fourth-order valence-corrected chi connectivity index (χ4v) is 0.959. The molecule has 0 atom stereocenters. The van der Waals surface area contributed by atoms with Crippen LogP contribution in [0, 0.1) is 6.07 Å². The molecule has 63 valence electrons. The maximum atomic E-state index is 10.5. The van der Waals surface area contributed by atoms with Crippen LogP contribution in [0.25, 0.3) is 0 Å². The molecule has 0 aliphatic carbocycles. The Labute approximate surface area is 72.6 Å². The molecule has 0 aromatic heterocycles. The Kier molecular flexibility index (Phi) is 3.33. The molecule has 2 heteroatoms. The van der Waals surface area contributed by atoms with E-state index in [2.05, 4.69) is 11.4 Å². The van der Waals surface area contributed by atoms with Crippen molar-refractivity contribution in [3.63, 3.8) is 0 Å². The zero-order valence-electron chi connectivity index (χ0n) is 7.13. The van der Waals surface area contributed by atoms with E-state index in [0.29, 0.717) is 6.54 Å². The van der Waals surface area contributed by atoms with E-state index in [9.17, 15) is 4.79 Å². The number of nitrogens with one attached hydrogen (secondary N) is 1. The van der Waals surface area contributed by atoms with E-state index in [1.165, 1.54) is 6.92 Å². The first-order valence-corrected chi connectivity index (χ1v) is 3.99. The number of benzene rings is 1. The van der Waals surface area contributed by atoms with Gasteiger partial charge >= 0.3 is 0 Å².